The maximum absolute atomic E-state index is 11.4. The van der Waals surface area contributed by atoms with Crippen LogP contribution in [0.25, 0.3) is 0 Å². The summed E-state index contributed by atoms with van der Waals surface area (Å²) in [4.78, 5) is 26.6. The Morgan fingerprint density at radius 3 is 2.78 bits per heavy atom. The Balaban J connectivity index is 2.39. The van der Waals surface area contributed by atoms with E-state index < -0.39 is 0 Å². The zero-order chi connectivity index (χ0) is 13.5. The third-order valence-electron chi connectivity index (χ3n) is 2.29. The number of nitrogens with zero attached hydrogens (tertiary/aromatic N) is 1. The quantitative estimate of drug-likeness (QED) is 0.576. The number of methoxy groups -OCH3 is 1. The average Bonchev–Trinajstić information content (AvgIpc) is 2.69. The Kier molecular flexibility index (Phi) is 5.57. The second-order valence-electron chi connectivity index (χ2n) is 3.78. The number of ether oxygens (including phenoxy) is 1. The molecule has 0 aliphatic heterocycles. The highest BCUT2D eigenvalue weighted by Gasteiger charge is 2.15. The number of aryl methyl sites for hydroxylation is 1. The minimum Gasteiger partial charge on any atom is -0.465 e. The molecule has 0 bridgehead atoms. The van der Waals surface area contributed by atoms with Crippen LogP contribution >= 0.6 is 11.3 Å². The molecule has 0 spiro atoms. The number of nitrogens with one attached hydrogen (secondary N) is 1. The Hall–Kier alpha value is -1.63. The molecule has 0 aliphatic carbocycles. The van der Waals surface area contributed by atoms with Crippen LogP contribution in [0.15, 0.2) is 0 Å². The summed E-state index contributed by atoms with van der Waals surface area (Å²) in [7, 11) is 1.35. The zero-order valence-corrected chi connectivity index (χ0v) is 11.3. The van der Waals surface area contributed by atoms with Gasteiger partial charge in [-0.05, 0) is 19.8 Å². The number of carbonyl (C=O) groups is 2. The fourth-order valence-electron chi connectivity index (χ4n) is 1.37. The number of aromatic nitrogens is 1. The summed E-state index contributed by atoms with van der Waals surface area (Å²) in [5.74, 6) is -0.653. The smallest absolute Gasteiger partial charge is 0.350 e. The van der Waals surface area contributed by atoms with Crippen molar-refractivity contribution in [2.24, 2.45) is 5.73 Å². The number of hydrogen-bond acceptors (Lipinski definition) is 6. The Morgan fingerprint density at radius 2 is 2.17 bits per heavy atom. The molecule has 1 amide bonds. The number of anilines is 1. The number of nitrogens with two attached hydrogens (primary N) is 1. The molecule has 18 heavy (non-hydrogen) atoms. The van der Waals surface area contributed by atoms with Crippen LogP contribution in [0.2, 0.25) is 0 Å². The largest absolute Gasteiger partial charge is 0.465 e. The van der Waals surface area contributed by atoms with Crippen LogP contribution < -0.4 is 11.1 Å². The first-order chi connectivity index (χ1) is 8.54. The number of rotatable bonds is 7. The van der Waals surface area contributed by atoms with E-state index in [2.05, 4.69) is 15.0 Å². The monoisotopic (exact) mass is 271 g/mol. The van der Waals surface area contributed by atoms with Crippen LogP contribution in [0.3, 0.4) is 0 Å². The van der Waals surface area contributed by atoms with Crippen molar-refractivity contribution in [2.45, 2.75) is 26.2 Å². The SMILES string of the molecule is COC(=O)c1sc(NCCCCC(N)=O)nc1C. The topological polar surface area (TPSA) is 94.3 Å². The van der Waals surface area contributed by atoms with Crippen molar-refractivity contribution in [2.75, 3.05) is 19.0 Å². The predicted octanol–water partition coefficient (Wildman–Crippen LogP) is 1.31. The van der Waals surface area contributed by atoms with E-state index in [0.717, 1.165) is 12.8 Å². The van der Waals surface area contributed by atoms with E-state index in [1.54, 1.807) is 6.92 Å². The van der Waals surface area contributed by atoms with Gasteiger partial charge < -0.3 is 15.8 Å². The lowest BCUT2D eigenvalue weighted by atomic mass is 10.2. The third kappa shape index (κ3) is 4.33. The molecule has 0 aromatic carbocycles. The normalized spacial score (nSPS) is 10.1. The van der Waals surface area contributed by atoms with Gasteiger partial charge in [-0.25, -0.2) is 9.78 Å². The lowest BCUT2D eigenvalue weighted by Gasteiger charge is -2.00. The van der Waals surface area contributed by atoms with Crippen molar-refractivity contribution in [1.82, 2.24) is 4.98 Å². The number of amides is 1. The molecular formula is C11H17N3O3S. The molecular weight excluding hydrogens is 254 g/mol. The maximum atomic E-state index is 11.4. The fourth-order valence-corrected chi connectivity index (χ4v) is 2.28. The van der Waals surface area contributed by atoms with E-state index in [0.29, 0.717) is 28.7 Å². The predicted molar refractivity (Wildman–Crippen MR) is 69.7 cm³/mol. The molecule has 100 valence electrons. The van der Waals surface area contributed by atoms with Gasteiger partial charge in [-0.15, -0.1) is 0 Å². The van der Waals surface area contributed by atoms with E-state index in [-0.39, 0.29) is 11.9 Å². The van der Waals surface area contributed by atoms with E-state index in [9.17, 15) is 9.59 Å². The van der Waals surface area contributed by atoms with E-state index in [1.165, 1.54) is 18.4 Å². The molecule has 1 heterocycles. The molecule has 0 radical (unpaired) electrons. The van der Waals surface area contributed by atoms with Crippen molar-refractivity contribution in [3.8, 4) is 0 Å². The summed E-state index contributed by atoms with van der Waals surface area (Å²) in [5.41, 5.74) is 5.70. The molecule has 0 fully saturated rings. The molecule has 0 saturated carbocycles. The Labute approximate surface area is 110 Å². The number of esters is 1. The van der Waals surface area contributed by atoms with Gasteiger partial charge in [0.25, 0.3) is 0 Å². The van der Waals surface area contributed by atoms with Crippen LogP contribution in [-0.2, 0) is 9.53 Å². The van der Waals surface area contributed by atoms with Crippen molar-refractivity contribution in [3.05, 3.63) is 10.6 Å². The summed E-state index contributed by atoms with van der Waals surface area (Å²) in [6.45, 7) is 2.46. The van der Waals surface area contributed by atoms with Gasteiger partial charge in [0, 0.05) is 13.0 Å². The summed E-state index contributed by atoms with van der Waals surface area (Å²) < 4.78 is 4.65. The summed E-state index contributed by atoms with van der Waals surface area (Å²) in [6.07, 6.45) is 1.97. The van der Waals surface area contributed by atoms with Gasteiger partial charge in [-0.3, -0.25) is 4.79 Å². The summed E-state index contributed by atoms with van der Waals surface area (Å²) >= 11 is 1.27. The first-order valence-corrected chi connectivity index (χ1v) is 6.44. The van der Waals surface area contributed by atoms with Crippen LogP contribution in [0.5, 0.6) is 0 Å². The molecule has 0 aliphatic rings. The van der Waals surface area contributed by atoms with Crippen molar-refractivity contribution in [1.29, 1.82) is 0 Å². The van der Waals surface area contributed by atoms with E-state index in [4.69, 9.17) is 5.73 Å². The minimum atomic E-state index is -0.369. The third-order valence-corrected chi connectivity index (χ3v) is 3.39. The fraction of sp³-hybridized carbons (Fsp3) is 0.545. The molecule has 1 aromatic heterocycles. The van der Waals surface area contributed by atoms with Crippen molar-refractivity contribution >= 4 is 28.3 Å². The second kappa shape index (κ2) is 6.95. The van der Waals surface area contributed by atoms with Gasteiger partial charge in [-0.1, -0.05) is 11.3 Å². The first-order valence-electron chi connectivity index (χ1n) is 5.62. The second-order valence-corrected chi connectivity index (χ2v) is 4.77. The highest BCUT2D eigenvalue weighted by atomic mass is 32.1. The van der Waals surface area contributed by atoms with Gasteiger partial charge >= 0.3 is 5.97 Å². The number of hydrogen-bond donors (Lipinski definition) is 2. The maximum Gasteiger partial charge on any atom is 0.350 e. The number of carbonyl (C=O) groups excluding carboxylic acids is 2. The van der Waals surface area contributed by atoms with Crippen LogP contribution in [0, 0.1) is 6.92 Å². The first kappa shape index (κ1) is 14.4. The van der Waals surface area contributed by atoms with Crippen LogP contribution in [0.4, 0.5) is 5.13 Å². The number of unbranched alkanes of at least 4 members (excludes halogenated alkanes) is 1. The molecule has 0 atom stereocenters. The molecule has 3 N–H and O–H groups in total. The summed E-state index contributed by atoms with van der Waals surface area (Å²) in [5, 5.41) is 3.79. The lowest BCUT2D eigenvalue weighted by Crippen LogP contribution is -2.10. The van der Waals surface area contributed by atoms with E-state index >= 15 is 0 Å². The highest BCUT2D eigenvalue weighted by molar-refractivity contribution is 7.17. The summed E-state index contributed by atoms with van der Waals surface area (Å²) in [6, 6.07) is 0. The zero-order valence-electron chi connectivity index (χ0n) is 10.5. The molecule has 0 unspecified atom stereocenters. The molecule has 0 saturated heterocycles. The molecule has 6 nitrogen and oxygen atoms in total. The lowest BCUT2D eigenvalue weighted by molar-refractivity contribution is -0.118. The van der Waals surface area contributed by atoms with Crippen LogP contribution in [0.1, 0.15) is 34.6 Å². The number of thiazole rings is 1. The van der Waals surface area contributed by atoms with Crippen LogP contribution in [-0.4, -0.2) is 30.5 Å². The Morgan fingerprint density at radius 1 is 1.44 bits per heavy atom. The van der Waals surface area contributed by atoms with E-state index in [1.807, 2.05) is 0 Å². The Bertz CT molecular complexity index is 431. The molecule has 1 rings (SSSR count). The molecule has 7 heteroatoms. The standard InChI is InChI=1S/C11H17N3O3S/c1-7-9(10(16)17-2)18-11(14-7)13-6-4-3-5-8(12)15/h3-6H2,1-2H3,(H2,12,15)(H,13,14). The van der Waals surface area contributed by atoms with Crippen molar-refractivity contribution in [3.63, 3.8) is 0 Å². The van der Waals surface area contributed by atoms with Gasteiger partial charge in [0.1, 0.15) is 4.88 Å². The highest BCUT2D eigenvalue weighted by Crippen LogP contribution is 2.23. The van der Waals surface area contributed by atoms with Crippen molar-refractivity contribution < 1.29 is 14.3 Å². The molecule has 1 aromatic rings. The van der Waals surface area contributed by atoms with Gasteiger partial charge in [-0.2, -0.15) is 0 Å². The van der Waals surface area contributed by atoms with Gasteiger partial charge in [0.2, 0.25) is 5.91 Å². The number of primary amides is 1. The average molecular weight is 271 g/mol. The van der Waals surface area contributed by atoms with Gasteiger partial charge in [0.15, 0.2) is 5.13 Å². The minimum absolute atomic E-state index is 0.284. The van der Waals surface area contributed by atoms with Gasteiger partial charge in [0.05, 0.1) is 12.8 Å².